The molecule has 0 amide bonds. The Morgan fingerprint density at radius 2 is 0.584 bits per heavy atom. The first-order valence-corrected chi connectivity index (χ1v) is 44.2. The molecule has 0 fully saturated rings. The van der Waals surface area contributed by atoms with Crippen LogP contribution in [0.15, 0.2) is 48.6 Å². The lowest BCUT2D eigenvalue weighted by molar-refractivity contribution is -0.161. The number of rotatable bonds is 77. The van der Waals surface area contributed by atoms with E-state index in [1.807, 2.05) is 0 Å². The number of phosphoric ester groups is 2. The third kappa shape index (κ3) is 73.7. The molecule has 0 saturated carbocycles. The van der Waals surface area contributed by atoms with Crippen LogP contribution in [0.4, 0.5) is 0 Å². The van der Waals surface area contributed by atoms with Crippen molar-refractivity contribution < 1.29 is 80.2 Å². The molecule has 0 aliphatic rings. The van der Waals surface area contributed by atoms with Gasteiger partial charge in [0.25, 0.3) is 0 Å². The number of phosphoric acid groups is 2. The topological polar surface area (TPSA) is 237 Å². The Morgan fingerprint density at radius 3 is 0.881 bits per heavy atom. The normalized spacial score (nSPS) is 14.5. The van der Waals surface area contributed by atoms with Gasteiger partial charge in [0.1, 0.15) is 19.3 Å². The summed E-state index contributed by atoms with van der Waals surface area (Å²) in [4.78, 5) is 73.0. The van der Waals surface area contributed by atoms with Gasteiger partial charge in [0.15, 0.2) is 12.2 Å². The van der Waals surface area contributed by atoms with Crippen LogP contribution in [0.3, 0.4) is 0 Å². The largest absolute Gasteiger partial charge is 0.472 e. The number of hydrogen-bond acceptors (Lipinski definition) is 15. The summed E-state index contributed by atoms with van der Waals surface area (Å²) in [6.07, 6.45) is 68.3. The van der Waals surface area contributed by atoms with Crippen LogP contribution in [-0.4, -0.2) is 96.7 Å². The van der Waals surface area contributed by atoms with Crippen molar-refractivity contribution in [1.29, 1.82) is 0 Å². The SMILES string of the molecule is CCCCCC/C=C\C=C/CCCCCCCC(=O)OC[C@H](COP(=O)(O)OC[C@@H](O)COP(=O)(O)OC[C@@H](COC(=O)CCCCCCCCC(C)CC)OC(=O)CCCCCCC/C=C\C=C/CCCCCC)OC(=O)CCCCCCCCCCCCCCCCCCCCC(C)C. The number of carbonyl (C=O) groups is 4. The van der Waals surface area contributed by atoms with Crippen molar-refractivity contribution in [2.45, 2.75) is 400 Å². The number of esters is 4. The van der Waals surface area contributed by atoms with Crippen molar-refractivity contribution in [3.05, 3.63) is 48.6 Å². The number of ether oxygens (including phenoxy) is 4. The van der Waals surface area contributed by atoms with Gasteiger partial charge in [-0.25, -0.2) is 9.13 Å². The third-order valence-electron chi connectivity index (χ3n) is 18.3. The second-order valence-corrected chi connectivity index (χ2v) is 31.8. The maximum absolute atomic E-state index is 13.1. The molecule has 0 aromatic carbocycles. The van der Waals surface area contributed by atoms with Crippen molar-refractivity contribution in [3.63, 3.8) is 0 Å². The second-order valence-electron chi connectivity index (χ2n) is 28.9. The van der Waals surface area contributed by atoms with Crippen molar-refractivity contribution in [2.24, 2.45) is 11.8 Å². The van der Waals surface area contributed by atoms with Gasteiger partial charge < -0.3 is 33.8 Å². The Hall–Kier alpha value is -2.98. The van der Waals surface area contributed by atoms with Crippen molar-refractivity contribution in [1.82, 2.24) is 0 Å². The Kier molecular flexibility index (Phi) is 70.4. The standard InChI is InChI=1S/C82H152O17P2/c1-7-10-12-14-16-18-20-22-28-33-37-41-45-52-58-64-79(84)92-70-77(98-81(86)66-61-55-47-43-39-35-31-27-25-24-26-30-32-36-40-44-50-56-62-74(4)5)72-96-100(88,89)94-68-76(83)69-95-101(90,91)97-73-78(71-93-80(85)65-59-53-49-48-51-57-63-75(6)9-3)99-82(87)67-60-54-46-42-38-34-29-23-21-19-17-15-13-11-8-2/h18-23,28-29,74-78,83H,7-17,24-27,30-73H2,1-6H3,(H,88,89)(H,90,91)/b20-18-,21-19-,28-22-,29-23-/t75?,76-,77-,78-/m1/s1. The summed E-state index contributed by atoms with van der Waals surface area (Å²) in [7, 11) is -9.95. The predicted octanol–water partition coefficient (Wildman–Crippen LogP) is 23.8. The summed E-state index contributed by atoms with van der Waals surface area (Å²) in [6.45, 7) is 9.49. The first kappa shape index (κ1) is 98.0. The monoisotopic (exact) mass is 1470 g/mol. The molecule has 0 radical (unpaired) electrons. The number of hydrogen-bond donors (Lipinski definition) is 3. The first-order chi connectivity index (χ1) is 48.9. The highest BCUT2D eigenvalue weighted by atomic mass is 31.2. The van der Waals surface area contributed by atoms with Crippen molar-refractivity contribution >= 4 is 39.5 Å². The van der Waals surface area contributed by atoms with Gasteiger partial charge in [-0.3, -0.25) is 37.3 Å². The van der Waals surface area contributed by atoms with E-state index >= 15 is 0 Å². The molecule has 3 unspecified atom stereocenters. The summed E-state index contributed by atoms with van der Waals surface area (Å²) in [6, 6.07) is 0. The van der Waals surface area contributed by atoms with E-state index < -0.39 is 97.5 Å². The molecule has 0 bridgehead atoms. The number of carbonyl (C=O) groups excluding carboxylic acids is 4. The minimum absolute atomic E-state index is 0.0819. The Bertz CT molecular complexity index is 2130. The molecule has 0 aliphatic heterocycles. The lowest BCUT2D eigenvalue weighted by Crippen LogP contribution is -2.30. The van der Waals surface area contributed by atoms with Gasteiger partial charge in [0.05, 0.1) is 26.4 Å². The highest BCUT2D eigenvalue weighted by Gasteiger charge is 2.30. The van der Waals surface area contributed by atoms with Gasteiger partial charge >= 0.3 is 39.5 Å². The van der Waals surface area contributed by atoms with Crippen molar-refractivity contribution in [3.8, 4) is 0 Å². The number of aliphatic hydroxyl groups is 1. The van der Waals surface area contributed by atoms with Gasteiger partial charge in [-0.2, -0.15) is 0 Å². The predicted molar refractivity (Wildman–Crippen MR) is 413 cm³/mol. The maximum atomic E-state index is 13.1. The van der Waals surface area contributed by atoms with Crippen molar-refractivity contribution in [2.75, 3.05) is 39.6 Å². The minimum Gasteiger partial charge on any atom is -0.462 e. The first-order valence-electron chi connectivity index (χ1n) is 41.2. The van der Waals surface area contributed by atoms with Crippen LogP contribution in [0, 0.1) is 11.8 Å². The van der Waals surface area contributed by atoms with E-state index in [1.54, 1.807) is 0 Å². The molecule has 17 nitrogen and oxygen atoms in total. The zero-order chi connectivity index (χ0) is 74.2. The molecule has 0 aromatic rings. The zero-order valence-electron chi connectivity index (χ0n) is 65.2. The van der Waals surface area contributed by atoms with Crippen LogP contribution in [0.5, 0.6) is 0 Å². The van der Waals surface area contributed by atoms with E-state index in [9.17, 15) is 43.2 Å². The van der Waals surface area contributed by atoms with Gasteiger partial charge in [0.2, 0.25) is 0 Å². The van der Waals surface area contributed by atoms with Crippen LogP contribution >= 0.6 is 15.6 Å². The van der Waals surface area contributed by atoms with Crippen LogP contribution in [0.25, 0.3) is 0 Å². The number of allylic oxidation sites excluding steroid dienone is 8. The fraction of sp³-hybridized carbons (Fsp3) is 0.854. The third-order valence-corrected chi connectivity index (χ3v) is 20.2. The van der Waals surface area contributed by atoms with Crippen LogP contribution in [0.2, 0.25) is 0 Å². The highest BCUT2D eigenvalue weighted by molar-refractivity contribution is 7.47. The van der Waals surface area contributed by atoms with E-state index in [0.29, 0.717) is 25.7 Å². The average Bonchev–Trinajstić information content (AvgIpc) is 0.925. The summed E-state index contributed by atoms with van der Waals surface area (Å²) < 4.78 is 68.6. The molecular weight excluding hydrogens is 1320 g/mol. The van der Waals surface area contributed by atoms with E-state index in [-0.39, 0.29) is 25.7 Å². The zero-order valence-corrected chi connectivity index (χ0v) is 67.0. The maximum Gasteiger partial charge on any atom is 0.472 e. The molecule has 19 heteroatoms. The Morgan fingerprint density at radius 1 is 0.327 bits per heavy atom. The number of unbranched alkanes of at least 4 members (excludes halogenated alkanes) is 40. The van der Waals surface area contributed by atoms with Gasteiger partial charge in [0, 0.05) is 25.7 Å². The molecule has 0 spiro atoms. The molecule has 0 aromatic heterocycles. The molecule has 0 rings (SSSR count). The fourth-order valence-electron chi connectivity index (χ4n) is 11.6. The fourth-order valence-corrected chi connectivity index (χ4v) is 13.2. The molecule has 0 heterocycles. The minimum atomic E-state index is -4.97. The summed E-state index contributed by atoms with van der Waals surface area (Å²) in [5.41, 5.74) is 0. The van der Waals surface area contributed by atoms with E-state index in [4.69, 9.17) is 37.0 Å². The summed E-state index contributed by atoms with van der Waals surface area (Å²) in [5, 5.41) is 10.6. The summed E-state index contributed by atoms with van der Waals surface area (Å²) in [5.74, 6) is -0.628. The Balaban J connectivity index is 5.29. The average molecular weight is 1470 g/mol. The van der Waals surface area contributed by atoms with E-state index in [2.05, 4.69) is 90.2 Å². The molecule has 0 aliphatic carbocycles. The molecule has 0 saturated heterocycles. The van der Waals surface area contributed by atoms with Gasteiger partial charge in [-0.15, -0.1) is 0 Å². The smallest absolute Gasteiger partial charge is 0.462 e. The molecule has 3 N–H and O–H groups in total. The van der Waals surface area contributed by atoms with Crippen LogP contribution < -0.4 is 0 Å². The second kappa shape index (κ2) is 72.6. The summed E-state index contributed by atoms with van der Waals surface area (Å²) >= 11 is 0. The number of aliphatic hydroxyl groups excluding tert-OH is 1. The lowest BCUT2D eigenvalue weighted by Gasteiger charge is -2.21. The molecular formula is C82H152O17P2. The van der Waals surface area contributed by atoms with E-state index in [1.165, 1.54) is 161 Å². The molecule has 101 heavy (non-hydrogen) atoms. The highest BCUT2D eigenvalue weighted by Crippen LogP contribution is 2.45. The van der Waals surface area contributed by atoms with Crippen LogP contribution in [0.1, 0.15) is 382 Å². The molecule has 592 valence electrons. The lowest BCUT2D eigenvalue weighted by atomic mass is 10.00. The quantitative estimate of drug-likeness (QED) is 0.0169. The Labute approximate surface area is 617 Å². The van der Waals surface area contributed by atoms with Gasteiger partial charge in [-0.05, 0) is 88.9 Å². The molecule has 6 atom stereocenters. The van der Waals surface area contributed by atoms with E-state index in [0.717, 1.165) is 140 Å². The van der Waals surface area contributed by atoms with Gasteiger partial charge in [-0.1, -0.05) is 328 Å². The van der Waals surface area contributed by atoms with Crippen LogP contribution in [-0.2, 0) is 65.4 Å².